The molecule has 0 unspecified atom stereocenters. The number of aliphatic hydroxyl groups excluding tert-OH is 3. The van der Waals surface area contributed by atoms with Crippen LogP contribution < -0.4 is 0 Å². The van der Waals surface area contributed by atoms with Gasteiger partial charge in [0.25, 0.3) is 0 Å². The molecular formula is C32H38N2O6. The number of phenols is 1. The summed E-state index contributed by atoms with van der Waals surface area (Å²) in [5, 5.41) is 41.9. The lowest BCUT2D eigenvalue weighted by atomic mass is 9.68. The first kappa shape index (κ1) is 28.2. The molecule has 1 aromatic heterocycles. The van der Waals surface area contributed by atoms with E-state index in [1.54, 1.807) is 30.5 Å². The normalized spacial score (nSPS) is 24.9. The number of rotatable bonds is 9. The van der Waals surface area contributed by atoms with Crippen molar-refractivity contribution in [3.05, 3.63) is 71.1 Å². The molecule has 2 aliphatic carbocycles. The topological polar surface area (TPSA) is 131 Å². The summed E-state index contributed by atoms with van der Waals surface area (Å²) >= 11 is 0. The summed E-state index contributed by atoms with van der Waals surface area (Å²) in [6, 6.07) is 12.3. The number of likely N-dealkylation sites (tertiary alicyclic amines) is 1. The van der Waals surface area contributed by atoms with Gasteiger partial charge < -0.3 is 20.4 Å². The number of aliphatic hydroxyl groups is 3. The van der Waals surface area contributed by atoms with Crippen LogP contribution in [0.1, 0.15) is 62.6 Å². The molecule has 1 saturated heterocycles. The first-order chi connectivity index (χ1) is 19.4. The molecule has 3 aliphatic rings. The van der Waals surface area contributed by atoms with Gasteiger partial charge >= 0.3 is 0 Å². The molecule has 0 bridgehead atoms. The first-order valence-electron chi connectivity index (χ1n) is 14.3. The Hall–Kier alpha value is -3.33. The molecule has 2 heterocycles. The third-order valence-electron chi connectivity index (χ3n) is 8.82. The number of hydrogen-bond donors (Lipinski definition) is 4. The molecule has 4 atom stereocenters. The Balaban J connectivity index is 1.39. The van der Waals surface area contributed by atoms with E-state index in [9.17, 15) is 30.0 Å². The van der Waals surface area contributed by atoms with Gasteiger partial charge in [0, 0.05) is 18.2 Å². The number of benzene rings is 1. The summed E-state index contributed by atoms with van der Waals surface area (Å²) in [6.45, 7) is -0.724. The van der Waals surface area contributed by atoms with Gasteiger partial charge in [0.05, 0.1) is 36.8 Å². The molecule has 0 radical (unpaired) electrons. The number of allylic oxidation sites excluding steroid dienone is 1. The van der Waals surface area contributed by atoms with Gasteiger partial charge in [-0.1, -0.05) is 37.5 Å². The molecule has 212 valence electrons. The van der Waals surface area contributed by atoms with E-state index in [1.807, 2.05) is 24.3 Å². The lowest BCUT2D eigenvalue weighted by Crippen LogP contribution is -2.42. The lowest BCUT2D eigenvalue weighted by Gasteiger charge is -2.36. The van der Waals surface area contributed by atoms with E-state index < -0.39 is 23.9 Å². The summed E-state index contributed by atoms with van der Waals surface area (Å²) in [4.78, 5) is 33.0. The predicted octanol–water partition coefficient (Wildman–Crippen LogP) is 3.70. The van der Waals surface area contributed by atoms with Crippen molar-refractivity contribution in [1.29, 1.82) is 0 Å². The van der Waals surface area contributed by atoms with E-state index >= 15 is 0 Å². The number of carbonyl (C=O) groups is 2. The molecular weight excluding hydrogens is 508 g/mol. The summed E-state index contributed by atoms with van der Waals surface area (Å²) in [5.74, 6) is -2.33. The van der Waals surface area contributed by atoms with Crippen LogP contribution in [0.15, 0.2) is 59.8 Å². The Morgan fingerprint density at radius 2 is 1.77 bits per heavy atom. The quantitative estimate of drug-likeness (QED) is 0.279. The summed E-state index contributed by atoms with van der Waals surface area (Å²) < 4.78 is 0. The molecule has 8 heteroatoms. The highest BCUT2D eigenvalue weighted by atomic mass is 16.3. The highest BCUT2D eigenvalue weighted by molar-refractivity contribution is 6.06. The van der Waals surface area contributed by atoms with Crippen molar-refractivity contribution in [1.82, 2.24) is 9.88 Å². The van der Waals surface area contributed by atoms with Gasteiger partial charge in [-0.15, -0.1) is 0 Å². The maximum atomic E-state index is 13.7. The zero-order valence-electron chi connectivity index (χ0n) is 22.7. The fourth-order valence-corrected chi connectivity index (χ4v) is 6.88. The second-order valence-corrected chi connectivity index (χ2v) is 11.2. The van der Waals surface area contributed by atoms with Crippen LogP contribution in [-0.4, -0.2) is 67.5 Å². The summed E-state index contributed by atoms with van der Waals surface area (Å²) in [6.07, 6.45) is 8.27. The lowest BCUT2D eigenvalue weighted by molar-refractivity contribution is -0.143. The zero-order chi connectivity index (χ0) is 28.2. The molecule has 0 spiro atoms. The zero-order valence-corrected chi connectivity index (χ0v) is 22.7. The molecule has 2 amide bonds. The van der Waals surface area contributed by atoms with Crippen molar-refractivity contribution >= 4 is 23.5 Å². The predicted molar refractivity (Wildman–Crippen MR) is 150 cm³/mol. The molecule has 5 rings (SSSR count). The van der Waals surface area contributed by atoms with Gasteiger partial charge in [-0.3, -0.25) is 19.5 Å². The van der Waals surface area contributed by atoms with Gasteiger partial charge in [-0.05, 0) is 84.7 Å². The average Bonchev–Trinajstić information content (AvgIpc) is 3.24. The fraction of sp³-hybridized carbons (Fsp3) is 0.469. The summed E-state index contributed by atoms with van der Waals surface area (Å²) in [7, 11) is 0. The van der Waals surface area contributed by atoms with Gasteiger partial charge in [-0.2, -0.15) is 0 Å². The third-order valence-corrected chi connectivity index (χ3v) is 8.82. The van der Waals surface area contributed by atoms with Crippen molar-refractivity contribution in [2.75, 3.05) is 13.2 Å². The minimum absolute atomic E-state index is 0.101. The van der Waals surface area contributed by atoms with Crippen LogP contribution in [0.5, 0.6) is 5.75 Å². The van der Waals surface area contributed by atoms with Crippen molar-refractivity contribution < 1.29 is 30.0 Å². The van der Waals surface area contributed by atoms with Crippen molar-refractivity contribution in [3.8, 4) is 5.75 Å². The second-order valence-electron chi connectivity index (χ2n) is 11.2. The van der Waals surface area contributed by atoms with E-state index in [0.29, 0.717) is 17.6 Å². The van der Waals surface area contributed by atoms with Crippen LogP contribution in [0.2, 0.25) is 0 Å². The maximum Gasteiger partial charge on any atom is 0.234 e. The SMILES string of the molecule is O=C1[C@@H]2[C@@H](CC(CO)=C([C@H](O)CC/C(=C/c3ccc(O)cc3)c3ccccn3)[C@@H]2CO)C(=O)N1C1CCCCC1. The number of pyridine rings is 1. The maximum absolute atomic E-state index is 13.7. The van der Waals surface area contributed by atoms with Crippen LogP contribution >= 0.6 is 0 Å². The van der Waals surface area contributed by atoms with Crippen molar-refractivity contribution in [2.45, 2.75) is 63.5 Å². The minimum atomic E-state index is -1.01. The number of amides is 2. The highest BCUT2D eigenvalue weighted by Gasteiger charge is 2.56. The fourth-order valence-electron chi connectivity index (χ4n) is 6.88. The number of aromatic nitrogens is 1. The first-order valence-corrected chi connectivity index (χ1v) is 14.3. The Morgan fingerprint density at radius 3 is 2.42 bits per heavy atom. The minimum Gasteiger partial charge on any atom is -0.508 e. The van der Waals surface area contributed by atoms with Crippen LogP contribution in [0.25, 0.3) is 11.6 Å². The molecule has 2 aromatic rings. The van der Waals surface area contributed by atoms with Crippen LogP contribution in [0, 0.1) is 17.8 Å². The van der Waals surface area contributed by atoms with E-state index in [1.165, 1.54) is 4.90 Å². The Labute approximate surface area is 234 Å². The van der Waals surface area contributed by atoms with E-state index in [2.05, 4.69) is 4.98 Å². The molecule has 1 saturated carbocycles. The molecule has 40 heavy (non-hydrogen) atoms. The molecule has 1 aliphatic heterocycles. The molecule has 1 aromatic carbocycles. The van der Waals surface area contributed by atoms with E-state index in [0.717, 1.165) is 48.9 Å². The monoisotopic (exact) mass is 546 g/mol. The van der Waals surface area contributed by atoms with Crippen LogP contribution in [0.3, 0.4) is 0 Å². The molecule has 8 nitrogen and oxygen atoms in total. The molecule has 2 fully saturated rings. The average molecular weight is 547 g/mol. The number of carbonyl (C=O) groups excluding carboxylic acids is 2. The number of phenolic OH excluding ortho intramolecular Hbond substituents is 1. The Morgan fingerprint density at radius 1 is 1.02 bits per heavy atom. The number of imide groups is 1. The van der Waals surface area contributed by atoms with Crippen LogP contribution in [-0.2, 0) is 9.59 Å². The third kappa shape index (κ3) is 5.61. The largest absolute Gasteiger partial charge is 0.508 e. The van der Waals surface area contributed by atoms with Gasteiger partial charge in [-0.25, -0.2) is 0 Å². The van der Waals surface area contributed by atoms with Crippen molar-refractivity contribution in [3.63, 3.8) is 0 Å². The molecule has 4 N–H and O–H groups in total. The van der Waals surface area contributed by atoms with Gasteiger partial charge in [0.1, 0.15) is 5.75 Å². The van der Waals surface area contributed by atoms with Gasteiger partial charge in [0.2, 0.25) is 11.8 Å². The second kappa shape index (κ2) is 12.5. The smallest absolute Gasteiger partial charge is 0.234 e. The Kier molecular flexibility index (Phi) is 8.78. The standard InChI is InChI=1S/C32H38N2O6/c35-18-22-17-25-30(32(40)34(31(25)39)23-6-2-1-3-7-23)26(19-36)29(22)28(38)14-11-21(27-8-4-5-15-33-27)16-20-9-12-24(37)13-10-20/h4-5,8-10,12-13,15-16,23,25-26,28,30,35-38H,1-3,6-7,11,14,17-19H2/b21-16-/t25-,26+,28-,30-/m1/s1. The highest BCUT2D eigenvalue weighted by Crippen LogP contribution is 2.47. The number of aromatic hydroxyl groups is 1. The number of hydrogen-bond acceptors (Lipinski definition) is 7. The number of nitrogens with zero attached hydrogens (tertiary/aromatic N) is 2. The van der Waals surface area contributed by atoms with Crippen molar-refractivity contribution in [2.24, 2.45) is 17.8 Å². The Bertz CT molecular complexity index is 1270. The van der Waals surface area contributed by atoms with Crippen LogP contribution in [0.4, 0.5) is 0 Å². The van der Waals surface area contributed by atoms with E-state index in [4.69, 9.17) is 0 Å². The van der Waals surface area contributed by atoms with E-state index in [-0.39, 0.29) is 49.7 Å². The number of fused-ring (bicyclic) bond motifs is 1. The summed E-state index contributed by atoms with van der Waals surface area (Å²) in [5.41, 5.74) is 3.53. The van der Waals surface area contributed by atoms with Gasteiger partial charge in [0.15, 0.2) is 0 Å².